The van der Waals surface area contributed by atoms with E-state index in [-0.39, 0.29) is 0 Å². The molecule has 1 saturated carbocycles. The minimum atomic E-state index is 0.366. The molecule has 0 bridgehead atoms. The van der Waals surface area contributed by atoms with E-state index in [0.717, 1.165) is 0 Å². The lowest BCUT2D eigenvalue weighted by Crippen LogP contribution is -2.54. The van der Waals surface area contributed by atoms with Crippen LogP contribution in [0.5, 0.6) is 0 Å². The molecule has 1 aliphatic rings. The summed E-state index contributed by atoms with van der Waals surface area (Å²) in [5, 5.41) is 3.50. The zero-order chi connectivity index (χ0) is 12.3. The third-order valence-electron chi connectivity index (χ3n) is 4.49. The SMILES string of the molecule is CNC1CCCCC1N(C)C(C)C(C)(C)C. The average Bonchev–Trinajstić information content (AvgIpc) is 2.25. The van der Waals surface area contributed by atoms with Crippen LogP contribution in [0.4, 0.5) is 0 Å². The first-order valence-corrected chi connectivity index (χ1v) is 6.77. The molecule has 96 valence electrons. The van der Waals surface area contributed by atoms with Gasteiger partial charge in [-0.25, -0.2) is 0 Å². The topological polar surface area (TPSA) is 15.3 Å². The molecule has 0 amide bonds. The number of likely N-dealkylation sites (N-methyl/N-ethyl adjacent to an activating group) is 2. The minimum absolute atomic E-state index is 0.366. The van der Waals surface area contributed by atoms with E-state index in [1.165, 1.54) is 25.7 Å². The van der Waals surface area contributed by atoms with E-state index in [1.54, 1.807) is 0 Å². The summed E-state index contributed by atoms with van der Waals surface area (Å²) in [5.41, 5.74) is 0.366. The first kappa shape index (κ1) is 14.0. The highest BCUT2D eigenvalue weighted by molar-refractivity contribution is 4.90. The monoisotopic (exact) mass is 226 g/mol. The van der Waals surface area contributed by atoms with Crippen molar-refractivity contribution in [2.24, 2.45) is 5.41 Å². The van der Waals surface area contributed by atoms with Gasteiger partial charge in [-0.2, -0.15) is 0 Å². The molecule has 3 unspecified atom stereocenters. The molecule has 1 rings (SSSR count). The first-order chi connectivity index (χ1) is 7.38. The van der Waals surface area contributed by atoms with Gasteiger partial charge in [-0.1, -0.05) is 33.6 Å². The van der Waals surface area contributed by atoms with E-state index in [4.69, 9.17) is 0 Å². The van der Waals surface area contributed by atoms with Crippen molar-refractivity contribution in [2.45, 2.75) is 71.5 Å². The van der Waals surface area contributed by atoms with Gasteiger partial charge in [-0.05, 0) is 39.3 Å². The van der Waals surface area contributed by atoms with Crippen LogP contribution in [0.1, 0.15) is 53.4 Å². The average molecular weight is 226 g/mol. The summed E-state index contributed by atoms with van der Waals surface area (Å²) < 4.78 is 0. The quantitative estimate of drug-likeness (QED) is 0.796. The highest BCUT2D eigenvalue weighted by Crippen LogP contribution is 2.29. The van der Waals surface area contributed by atoms with Crippen molar-refractivity contribution in [2.75, 3.05) is 14.1 Å². The van der Waals surface area contributed by atoms with E-state index in [0.29, 0.717) is 23.5 Å². The number of hydrogen-bond acceptors (Lipinski definition) is 2. The third-order valence-corrected chi connectivity index (χ3v) is 4.49. The van der Waals surface area contributed by atoms with E-state index in [2.05, 4.69) is 52.0 Å². The van der Waals surface area contributed by atoms with Crippen LogP contribution in [0.25, 0.3) is 0 Å². The summed E-state index contributed by atoms with van der Waals surface area (Å²) in [7, 11) is 4.41. The van der Waals surface area contributed by atoms with Crippen molar-refractivity contribution < 1.29 is 0 Å². The summed E-state index contributed by atoms with van der Waals surface area (Å²) in [6.45, 7) is 9.38. The second kappa shape index (κ2) is 5.50. The first-order valence-electron chi connectivity index (χ1n) is 6.77. The molecule has 3 atom stereocenters. The summed E-state index contributed by atoms with van der Waals surface area (Å²) in [6, 6.07) is 2.03. The van der Waals surface area contributed by atoms with Gasteiger partial charge < -0.3 is 5.32 Å². The fourth-order valence-electron chi connectivity index (χ4n) is 2.83. The Bertz CT molecular complexity index is 207. The Morgan fingerprint density at radius 1 is 1.19 bits per heavy atom. The van der Waals surface area contributed by atoms with Gasteiger partial charge in [0.05, 0.1) is 0 Å². The highest BCUT2D eigenvalue weighted by Gasteiger charge is 2.33. The van der Waals surface area contributed by atoms with Crippen LogP contribution >= 0.6 is 0 Å². The van der Waals surface area contributed by atoms with Crippen LogP contribution in [-0.4, -0.2) is 37.1 Å². The third kappa shape index (κ3) is 3.21. The molecule has 1 aliphatic carbocycles. The molecule has 1 fully saturated rings. The molecule has 2 heteroatoms. The molecule has 16 heavy (non-hydrogen) atoms. The fourth-order valence-corrected chi connectivity index (χ4v) is 2.83. The van der Waals surface area contributed by atoms with Crippen molar-refractivity contribution in [3.05, 3.63) is 0 Å². The van der Waals surface area contributed by atoms with Crippen LogP contribution in [0.15, 0.2) is 0 Å². The smallest absolute Gasteiger partial charge is 0.0249 e. The largest absolute Gasteiger partial charge is 0.315 e. The number of nitrogens with one attached hydrogen (secondary N) is 1. The second-order valence-electron chi connectivity index (χ2n) is 6.45. The normalized spacial score (nSPS) is 29.4. The Morgan fingerprint density at radius 3 is 2.25 bits per heavy atom. The Labute approximate surface area is 102 Å². The van der Waals surface area contributed by atoms with Crippen molar-refractivity contribution in [1.29, 1.82) is 0 Å². The predicted octanol–water partition coefficient (Wildman–Crippen LogP) is 2.88. The summed E-state index contributed by atoms with van der Waals surface area (Å²) in [5.74, 6) is 0. The summed E-state index contributed by atoms with van der Waals surface area (Å²) in [4.78, 5) is 2.60. The van der Waals surface area contributed by atoms with E-state index < -0.39 is 0 Å². The number of rotatable bonds is 3. The van der Waals surface area contributed by atoms with Gasteiger partial charge in [0.15, 0.2) is 0 Å². The molecular weight excluding hydrogens is 196 g/mol. The summed E-state index contributed by atoms with van der Waals surface area (Å²) in [6.07, 6.45) is 5.47. The molecule has 0 aromatic heterocycles. The van der Waals surface area contributed by atoms with Crippen LogP contribution in [0.3, 0.4) is 0 Å². The van der Waals surface area contributed by atoms with Gasteiger partial charge in [-0.15, -0.1) is 0 Å². The van der Waals surface area contributed by atoms with Gasteiger partial charge in [0, 0.05) is 18.1 Å². The maximum atomic E-state index is 3.50. The molecule has 0 aliphatic heterocycles. The molecule has 0 aromatic carbocycles. The van der Waals surface area contributed by atoms with Crippen molar-refractivity contribution in [1.82, 2.24) is 10.2 Å². The van der Waals surface area contributed by atoms with E-state index >= 15 is 0 Å². The Hall–Kier alpha value is -0.0800. The Kier molecular flexibility index (Phi) is 4.81. The molecule has 0 radical (unpaired) electrons. The second-order valence-corrected chi connectivity index (χ2v) is 6.45. The Balaban J connectivity index is 2.67. The van der Waals surface area contributed by atoms with E-state index in [9.17, 15) is 0 Å². The maximum absolute atomic E-state index is 3.50. The Morgan fingerprint density at radius 2 is 1.75 bits per heavy atom. The summed E-state index contributed by atoms with van der Waals surface area (Å²) >= 11 is 0. The van der Waals surface area contributed by atoms with Crippen LogP contribution in [0.2, 0.25) is 0 Å². The number of nitrogens with zero attached hydrogens (tertiary/aromatic N) is 1. The van der Waals surface area contributed by atoms with Crippen molar-refractivity contribution >= 4 is 0 Å². The van der Waals surface area contributed by atoms with Crippen molar-refractivity contribution in [3.63, 3.8) is 0 Å². The molecule has 2 nitrogen and oxygen atoms in total. The molecule has 1 N–H and O–H groups in total. The zero-order valence-electron chi connectivity index (χ0n) is 12.0. The zero-order valence-corrected chi connectivity index (χ0v) is 12.0. The van der Waals surface area contributed by atoms with Gasteiger partial charge in [-0.3, -0.25) is 4.90 Å². The predicted molar refractivity (Wildman–Crippen MR) is 71.8 cm³/mol. The minimum Gasteiger partial charge on any atom is -0.315 e. The lowest BCUT2D eigenvalue weighted by atomic mass is 9.83. The molecular formula is C14H30N2. The molecule has 0 spiro atoms. The van der Waals surface area contributed by atoms with E-state index in [1.807, 2.05) is 0 Å². The molecule has 0 heterocycles. The molecule has 0 saturated heterocycles. The van der Waals surface area contributed by atoms with Gasteiger partial charge in [0.2, 0.25) is 0 Å². The lowest BCUT2D eigenvalue weighted by molar-refractivity contribution is 0.0607. The highest BCUT2D eigenvalue weighted by atomic mass is 15.2. The van der Waals surface area contributed by atoms with Crippen LogP contribution in [-0.2, 0) is 0 Å². The van der Waals surface area contributed by atoms with Gasteiger partial charge in [0.25, 0.3) is 0 Å². The van der Waals surface area contributed by atoms with Crippen molar-refractivity contribution in [3.8, 4) is 0 Å². The number of hydrogen-bond donors (Lipinski definition) is 1. The lowest BCUT2D eigenvalue weighted by Gasteiger charge is -2.45. The maximum Gasteiger partial charge on any atom is 0.0249 e. The fraction of sp³-hybridized carbons (Fsp3) is 1.00. The van der Waals surface area contributed by atoms with Crippen LogP contribution < -0.4 is 5.32 Å². The van der Waals surface area contributed by atoms with Gasteiger partial charge in [0.1, 0.15) is 0 Å². The molecule has 0 aromatic rings. The van der Waals surface area contributed by atoms with Gasteiger partial charge >= 0.3 is 0 Å². The van der Waals surface area contributed by atoms with Crippen LogP contribution in [0, 0.1) is 5.41 Å². The standard InChI is InChI=1S/C14H30N2/c1-11(14(2,3)4)16(6)13-10-8-7-9-12(13)15-5/h11-13,15H,7-10H2,1-6H3.